The third kappa shape index (κ3) is 5.95. The average molecular weight is 523 g/mol. The van der Waals surface area contributed by atoms with Crippen LogP contribution in [0.25, 0.3) is 0 Å². The molecule has 10 nitrogen and oxygen atoms in total. The maximum atomic E-state index is 13.0. The Kier molecular flexibility index (Phi) is 7.64. The Bertz CT molecular complexity index is 1220. The van der Waals surface area contributed by atoms with E-state index < -0.39 is 20.0 Å². The summed E-state index contributed by atoms with van der Waals surface area (Å²) in [6.45, 7) is 3.15. The number of nitrogens with zero attached hydrogens (tertiary/aromatic N) is 4. The molecule has 2 heterocycles. The fourth-order valence-electron chi connectivity index (χ4n) is 4.20. The van der Waals surface area contributed by atoms with Crippen molar-refractivity contribution in [3.63, 3.8) is 0 Å². The number of amides is 1. The van der Waals surface area contributed by atoms with Crippen LogP contribution in [-0.2, 0) is 29.6 Å². The number of benzene rings is 2. The van der Waals surface area contributed by atoms with E-state index in [1.54, 1.807) is 4.90 Å². The van der Waals surface area contributed by atoms with E-state index in [4.69, 9.17) is 4.74 Å². The second-order valence-electron chi connectivity index (χ2n) is 8.48. The summed E-state index contributed by atoms with van der Waals surface area (Å²) in [7, 11) is -7.48. The molecule has 2 fully saturated rings. The lowest BCUT2D eigenvalue weighted by molar-refractivity contribution is -0.129. The Hall–Kier alpha value is -2.67. The minimum absolute atomic E-state index is 0.0694. The molecule has 0 radical (unpaired) electrons. The van der Waals surface area contributed by atoms with E-state index in [-0.39, 0.29) is 36.1 Å². The van der Waals surface area contributed by atoms with Crippen molar-refractivity contribution in [2.75, 3.05) is 74.5 Å². The molecule has 0 atom stereocenters. The highest BCUT2D eigenvalue weighted by atomic mass is 32.2. The molecule has 0 unspecified atom stereocenters. The number of hydrogen-bond donors (Lipinski definition) is 0. The Labute approximate surface area is 206 Å². The summed E-state index contributed by atoms with van der Waals surface area (Å²) in [5.41, 5.74) is 1.33. The summed E-state index contributed by atoms with van der Waals surface area (Å²) >= 11 is 0. The first-order valence-electron chi connectivity index (χ1n) is 11.4. The van der Waals surface area contributed by atoms with Gasteiger partial charge in [-0.05, 0) is 36.4 Å². The van der Waals surface area contributed by atoms with Crippen LogP contribution in [0.1, 0.15) is 0 Å². The van der Waals surface area contributed by atoms with Gasteiger partial charge in [0.25, 0.3) is 0 Å². The van der Waals surface area contributed by atoms with Gasteiger partial charge in [-0.15, -0.1) is 0 Å². The predicted octanol–water partition coefficient (Wildman–Crippen LogP) is 0.822. The van der Waals surface area contributed by atoms with E-state index in [1.807, 2.05) is 30.3 Å². The van der Waals surface area contributed by atoms with Gasteiger partial charge < -0.3 is 14.5 Å². The summed E-state index contributed by atoms with van der Waals surface area (Å²) in [4.78, 5) is 16.9. The summed E-state index contributed by atoms with van der Waals surface area (Å²) in [5.74, 6) is -0.298. The molecule has 0 aliphatic carbocycles. The van der Waals surface area contributed by atoms with Gasteiger partial charge in [0.1, 0.15) is 6.54 Å². The standard InChI is InChI=1S/C23H30N4O6S2/c1-34(29,30)27(19-23(28)25-13-11-24(12-14-25)20-5-3-2-4-6-20)21-7-9-22(10-8-21)35(31,32)26-15-17-33-18-16-26/h2-10H,11-19H2,1H3. The van der Waals surface area contributed by atoms with E-state index in [0.717, 1.165) is 16.2 Å². The van der Waals surface area contributed by atoms with E-state index in [2.05, 4.69) is 4.90 Å². The number of para-hydroxylation sites is 1. The first-order chi connectivity index (χ1) is 16.7. The van der Waals surface area contributed by atoms with Crippen LogP contribution in [0.5, 0.6) is 0 Å². The number of piperazine rings is 1. The Morgan fingerprint density at radius 1 is 0.857 bits per heavy atom. The number of sulfonamides is 2. The molecule has 0 saturated carbocycles. The highest BCUT2D eigenvalue weighted by Crippen LogP contribution is 2.24. The predicted molar refractivity (Wildman–Crippen MR) is 133 cm³/mol. The Morgan fingerprint density at radius 3 is 2.03 bits per heavy atom. The third-order valence-corrected chi connectivity index (χ3v) is 9.22. The van der Waals surface area contributed by atoms with Gasteiger partial charge in [-0.25, -0.2) is 16.8 Å². The monoisotopic (exact) mass is 522 g/mol. The van der Waals surface area contributed by atoms with Crippen LogP contribution in [0.3, 0.4) is 0 Å². The largest absolute Gasteiger partial charge is 0.379 e. The van der Waals surface area contributed by atoms with Crippen LogP contribution >= 0.6 is 0 Å². The summed E-state index contributed by atoms with van der Waals surface area (Å²) < 4.78 is 58.3. The van der Waals surface area contributed by atoms with Crippen molar-refractivity contribution in [3.05, 3.63) is 54.6 Å². The van der Waals surface area contributed by atoms with Crippen LogP contribution in [0.2, 0.25) is 0 Å². The number of carbonyl (C=O) groups is 1. The van der Waals surface area contributed by atoms with Gasteiger partial charge in [0.05, 0.1) is 30.1 Å². The minimum atomic E-state index is -3.78. The molecule has 12 heteroatoms. The molecule has 4 rings (SSSR count). The normalized spacial score (nSPS) is 17.9. The Balaban J connectivity index is 1.44. The van der Waals surface area contributed by atoms with Crippen molar-refractivity contribution in [2.24, 2.45) is 0 Å². The maximum Gasteiger partial charge on any atom is 0.243 e. The maximum absolute atomic E-state index is 13.0. The molecular weight excluding hydrogens is 492 g/mol. The second-order valence-corrected chi connectivity index (χ2v) is 12.3. The molecule has 1 amide bonds. The number of carbonyl (C=O) groups excluding carboxylic acids is 1. The minimum Gasteiger partial charge on any atom is -0.379 e. The molecule has 35 heavy (non-hydrogen) atoms. The quantitative estimate of drug-likeness (QED) is 0.530. The molecule has 0 N–H and O–H groups in total. The van der Waals surface area contributed by atoms with E-state index in [0.29, 0.717) is 39.4 Å². The molecule has 0 bridgehead atoms. The van der Waals surface area contributed by atoms with Crippen LogP contribution in [0, 0.1) is 0 Å². The van der Waals surface area contributed by atoms with E-state index in [9.17, 15) is 21.6 Å². The molecular formula is C23H30N4O6S2. The zero-order chi connectivity index (χ0) is 25.1. The summed E-state index contributed by atoms with van der Waals surface area (Å²) in [6, 6.07) is 15.5. The lowest BCUT2D eigenvalue weighted by atomic mass is 10.2. The first-order valence-corrected chi connectivity index (χ1v) is 14.7. The molecule has 2 aliphatic heterocycles. The van der Waals surface area contributed by atoms with Crippen molar-refractivity contribution in [3.8, 4) is 0 Å². The van der Waals surface area contributed by atoms with Gasteiger partial charge in [0.15, 0.2) is 0 Å². The van der Waals surface area contributed by atoms with Crippen LogP contribution in [-0.4, -0.2) is 97.2 Å². The Morgan fingerprint density at radius 2 is 1.46 bits per heavy atom. The van der Waals surface area contributed by atoms with Crippen molar-refractivity contribution >= 4 is 37.3 Å². The second kappa shape index (κ2) is 10.5. The van der Waals surface area contributed by atoms with Gasteiger partial charge in [-0.3, -0.25) is 9.10 Å². The topological polar surface area (TPSA) is 108 Å². The summed E-state index contributed by atoms with van der Waals surface area (Å²) in [5, 5.41) is 0. The first kappa shape index (κ1) is 25.4. The van der Waals surface area contributed by atoms with Gasteiger partial charge in [0, 0.05) is 45.0 Å². The number of ether oxygens (including phenoxy) is 1. The van der Waals surface area contributed by atoms with Gasteiger partial charge in [-0.1, -0.05) is 18.2 Å². The molecule has 0 aromatic heterocycles. The highest BCUT2D eigenvalue weighted by molar-refractivity contribution is 7.92. The fraction of sp³-hybridized carbons (Fsp3) is 0.435. The third-order valence-electron chi connectivity index (χ3n) is 6.17. The van der Waals surface area contributed by atoms with Crippen molar-refractivity contribution in [1.29, 1.82) is 0 Å². The van der Waals surface area contributed by atoms with Gasteiger partial charge >= 0.3 is 0 Å². The van der Waals surface area contributed by atoms with Crippen LogP contribution < -0.4 is 9.21 Å². The molecule has 2 saturated heterocycles. The smallest absolute Gasteiger partial charge is 0.243 e. The average Bonchev–Trinajstić information content (AvgIpc) is 2.88. The van der Waals surface area contributed by atoms with Crippen LogP contribution in [0.15, 0.2) is 59.5 Å². The zero-order valence-corrected chi connectivity index (χ0v) is 21.2. The molecule has 2 aromatic carbocycles. The fourth-order valence-corrected chi connectivity index (χ4v) is 6.45. The van der Waals surface area contributed by atoms with Crippen molar-refractivity contribution < 1.29 is 26.4 Å². The van der Waals surface area contributed by atoms with Crippen LogP contribution in [0.4, 0.5) is 11.4 Å². The summed E-state index contributed by atoms with van der Waals surface area (Å²) in [6.07, 6.45) is 1.03. The zero-order valence-electron chi connectivity index (χ0n) is 19.6. The number of anilines is 2. The van der Waals surface area contributed by atoms with Gasteiger partial charge in [-0.2, -0.15) is 4.31 Å². The van der Waals surface area contributed by atoms with Crippen molar-refractivity contribution in [2.45, 2.75) is 4.90 Å². The molecule has 2 aliphatic rings. The SMILES string of the molecule is CS(=O)(=O)N(CC(=O)N1CCN(c2ccccc2)CC1)c1ccc(S(=O)(=O)N2CCOCC2)cc1. The van der Waals surface area contributed by atoms with Crippen molar-refractivity contribution in [1.82, 2.24) is 9.21 Å². The number of morpholine rings is 1. The lowest BCUT2D eigenvalue weighted by Crippen LogP contribution is -2.52. The van der Waals surface area contributed by atoms with E-state index in [1.165, 1.54) is 28.6 Å². The lowest BCUT2D eigenvalue weighted by Gasteiger charge is -2.37. The molecule has 2 aromatic rings. The van der Waals surface area contributed by atoms with Gasteiger partial charge in [0.2, 0.25) is 26.0 Å². The molecule has 0 spiro atoms. The van der Waals surface area contributed by atoms with E-state index >= 15 is 0 Å². The number of hydrogen-bond acceptors (Lipinski definition) is 7. The highest BCUT2D eigenvalue weighted by Gasteiger charge is 2.29. The number of rotatable bonds is 7. The molecule has 190 valence electrons.